The minimum atomic E-state index is -0.724. The molecule has 0 fully saturated rings. The van der Waals surface area contributed by atoms with Crippen molar-refractivity contribution in [2.45, 2.75) is 12.5 Å². The predicted octanol–water partition coefficient (Wildman–Crippen LogP) is 3.54. The number of nitrogens with one attached hydrogen (secondary N) is 1. The Morgan fingerprint density at radius 3 is 2.55 bits per heavy atom. The summed E-state index contributed by atoms with van der Waals surface area (Å²) in [6, 6.07) is 18.1. The molecule has 0 saturated carbocycles. The molecule has 0 aliphatic heterocycles. The van der Waals surface area contributed by atoms with Gasteiger partial charge in [0.15, 0.2) is 22.8 Å². The van der Waals surface area contributed by atoms with Gasteiger partial charge in [-0.05, 0) is 54.9 Å². The molecule has 7 heteroatoms. The SMILES string of the molecule is COc1ccc(CCNCC(O)COc2cccc3c(=O)c4ccccc4oc23)cc1OC. The summed E-state index contributed by atoms with van der Waals surface area (Å²) in [4.78, 5) is 12.8. The number of para-hydroxylation sites is 2. The molecule has 4 aromatic rings. The average molecular weight is 450 g/mol. The number of benzene rings is 3. The second-order valence-electron chi connectivity index (χ2n) is 7.67. The molecule has 0 aliphatic carbocycles. The van der Waals surface area contributed by atoms with Gasteiger partial charge in [0.25, 0.3) is 0 Å². The van der Waals surface area contributed by atoms with Crippen molar-refractivity contribution in [3.05, 3.63) is 76.5 Å². The van der Waals surface area contributed by atoms with E-state index in [1.807, 2.05) is 24.3 Å². The Balaban J connectivity index is 1.33. The highest BCUT2D eigenvalue weighted by atomic mass is 16.5. The predicted molar refractivity (Wildman–Crippen MR) is 128 cm³/mol. The minimum absolute atomic E-state index is 0.0685. The molecule has 0 saturated heterocycles. The molecule has 1 atom stereocenters. The molecule has 1 aromatic heterocycles. The summed E-state index contributed by atoms with van der Waals surface area (Å²) in [6.07, 6.45) is 0.0491. The summed E-state index contributed by atoms with van der Waals surface area (Å²) in [5.74, 6) is 1.82. The van der Waals surface area contributed by atoms with Crippen LogP contribution < -0.4 is 25.0 Å². The number of aliphatic hydroxyl groups is 1. The minimum Gasteiger partial charge on any atom is -0.493 e. The average Bonchev–Trinajstić information content (AvgIpc) is 2.85. The molecule has 172 valence electrons. The molecule has 7 nitrogen and oxygen atoms in total. The van der Waals surface area contributed by atoms with E-state index in [0.717, 1.165) is 12.0 Å². The van der Waals surface area contributed by atoms with Gasteiger partial charge >= 0.3 is 0 Å². The van der Waals surface area contributed by atoms with Crippen molar-refractivity contribution in [2.75, 3.05) is 33.9 Å². The molecule has 0 bridgehead atoms. The first kappa shape index (κ1) is 22.6. The van der Waals surface area contributed by atoms with Crippen molar-refractivity contribution in [3.8, 4) is 17.2 Å². The molecule has 33 heavy (non-hydrogen) atoms. The van der Waals surface area contributed by atoms with E-state index in [9.17, 15) is 9.90 Å². The lowest BCUT2D eigenvalue weighted by Crippen LogP contribution is -2.32. The van der Waals surface area contributed by atoms with E-state index in [0.29, 0.717) is 52.3 Å². The highest BCUT2D eigenvalue weighted by Gasteiger charge is 2.13. The Morgan fingerprint density at radius 1 is 0.939 bits per heavy atom. The summed E-state index contributed by atoms with van der Waals surface area (Å²) < 4.78 is 22.3. The molecule has 0 amide bonds. The normalized spacial score (nSPS) is 12.1. The summed E-state index contributed by atoms with van der Waals surface area (Å²) in [6.45, 7) is 1.12. The van der Waals surface area contributed by atoms with E-state index in [1.165, 1.54) is 0 Å². The number of fused-ring (bicyclic) bond motifs is 2. The van der Waals surface area contributed by atoms with E-state index in [4.69, 9.17) is 18.6 Å². The van der Waals surface area contributed by atoms with E-state index >= 15 is 0 Å². The van der Waals surface area contributed by atoms with Crippen molar-refractivity contribution >= 4 is 21.9 Å². The number of methoxy groups -OCH3 is 2. The van der Waals surface area contributed by atoms with Crippen LogP contribution in [0.5, 0.6) is 17.2 Å². The number of hydrogen-bond donors (Lipinski definition) is 2. The zero-order chi connectivity index (χ0) is 23.2. The van der Waals surface area contributed by atoms with Gasteiger partial charge in [0.2, 0.25) is 5.43 Å². The summed E-state index contributed by atoms with van der Waals surface area (Å²) >= 11 is 0. The number of aliphatic hydroxyl groups excluding tert-OH is 1. The molecular formula is C26H27NO6. The monoisotopic (exact) mass is 449 g/mol. The Kier molecular flexibility index (Phi) is 7.12. The van der Waals surface area contributed by atoms with Crippen LogP contribution in [0.25, 0.3) is 21.9 Å². The van der Waals surface area contributed by atoms with Crippen LogP contribution in [0.15, 0.2) is 69.9 Å². The summed E-state index contributed by atoms with van der Waals surface area (Å²) in [5.41, 5.74) is 1.89. The van der Waals surface area contributed by atoms with Crippen molar-refractivity contribution in [3.63, 3.8) is 0 Å². The van der Waals surface area contributed by atoms with Crippen LogP contribution in [-0.4, -0.2) is 45.1 Å². The molecule has 4 rings (SSSR count). The van der Waals surface area contributed by atoms with E-state index in [1.54, 1.807) is 50.6 Å². The Bertz CT molecular complexity index is 1300. The first-order chi connectivity index (χ1) is 16.1. The zero-order valence-electron chi connectivity index (χ0n) is 18.7. The van der Waals surface area contributed by atoms with Gasteiger partial charge in [-0.1, -0.05) is 24.3 Å². The molecule has 1 heterocycles. The van der Waals surface area contributed by atoms with Gasteiger partial charge in [0, 0.05) is 6.54 Å². The van der Waals surface area contributed by atoms with Gasteiger partial charge in [0.05, 0.1) is 25.0 Å². The largest absolute Gasteiger partial charge is 0.493 e. The third-order valence-electron chi connectivity index (χ3n) is 5.42. The second-order valence-corrected chi connectivity index (χ2v) is 7.67. The molecule has 0 radical (unpaired) electrons. The molecule has 1 unspecified atom stereocenters. The molecule has 2 N–H and O–H groups in total. The lowest BCUT2D eigenvalue weighted by atomic mass is 10.1. The summed E-state index contributed by atoms with van der Waals surface area (Å²) in [5, 5.41) is 14.6. The van der Waals surface area contributed by atoms with E-state index < -0.39 is 6.10 Å². The van der Waals surface area contributed by atoms with Gasteiger partial charge in [-0.25, -0.2) is 0 Å². The van der Waals surface area contributed by atoms with Crippen molar-refractivity contribution < 1.29 is 23.7 Å². The fourth-order valence-corrected chi connectivity index (χ4v) is 3.69. The lowest BCUT2D eigenvalue weighted by Gasteiger charge is -2.14. The Hall–Kier alpha value is -3.55. The maximum absolute atomic E-state index is 12.8. The van der Waals surface area contributed by atoms with Crippen LogP contribution in [-0.2, 0) is 6.42 Å². The number of hydrogen-bond acceptors (Lipinski definition) is 7. The summed E-state index contributed by atoms with van der Waals surface area (Å²) in [7, 11) is 3.22. The lowest BCUT2D eigenvalue weighted by molar-refractivity contribution is 0.107. The highest BCUT2D eigenvalue weighted by Crippen LogP contribution is 2.28. The Morgan fingerprint density at radius 2 is 1.73 bits per heavy atom. The highest BCUT2D eigenvalue weighted by molar-refractivity contribution is 5.92. The van der Waals surface area contributed by atoms with Crippen molar-refractivity contribution in [2.24, 2.45) is 0 Å². The van der Waals surface area contributed by atoms with Gasteiger partial charge in [-0.2, -0.15) is 0 Å². The standard InChI is InChI=1S/C26H27NO6/c1-30-22-11-10-17(14-24(22)31-2)12-13-27-15-18(28)16-32-23-9-5-7-20-25(29)19-6-3-4-8-21(19)33-26(20)23/h3-11,14,18,27-28H,12-13,15-16H2,1-2H3. The second kappa shape index (κ2) is 10.4. The first-order valence-corrected chi connectivity index (χ1v) is 10.8. The van der Waals surface area contributed by atoms with E-state index in [-0.39, 0.29) is 12.0 Å². The van der Waals surface area contributed by atoms with Crippen LogP contribution in [0.4, 0.5) is 0 Å². The molecule has 0 spiro atoms. The third kappa shape index (κ3) is 5.10. The molecule has 3 aromatic carbocycles. The van der Waals surface area contributed by atoms with Crippen molar-refractivity contribution in [1.29, 1.82) is 0 Å². The van der Waals surface area contributed by atoms with Crippen LogP contribution in [0.2, 0.25) is 0 Å². The fourth-order valence-electron chi connectivity index (χ4n) is 3.69. The van der Waals surface area contributed by atoms with Gasteiger partial charge in [-0.3, -0.25) is 4.79 Å². The first-order valence-electron chi connectivity index (χ1n) is 10.8. The van der Waals surface area contributed by atoms with Crippen LogP contribution >= 0.6 is 0 Å². The molecular weight excluding hydrogens is 422 g/mol. The quantitative estimate of drug-likeness (QED) is 0.283. The number of ether oxygens (including phenoxy) is 3. The van der Waals surface area contributed by atoms with Gasteiger partial charge < -0.3 is 29.1 Å². The van der Waals surface area contributed by atoms with Crippen LogP contribution in [0.3, 0.4) is 0 Å². The van der Waals surface area contributed by atoms with Crippen LogP contribution in [0.1, 0.15) is 5.56 Å². The third-order valence-corrected chi connectivity index (χ3v) is 5.42. The van der Waals surface area contributed by atoms with Crippen LogP contribution in [0, 0.1) is 0 Å². The zero-order valence-corrected chi connectivity index (χ0v) is 18.7. The van der Waals surface area contributed by atoms with Gasteiger partial charge in [-0.15, -0.1) is 0 Å². The fraction of sp³-hybridized carbons (Fsp3) is 0.269. The maximum atomic E-state index is 12.8. The Labute approximate surface area is 191 Å². The topological polar surface area (TPSA) is 90.2 Å². The van der Waals surface area contributed by atoms with Gasteiger partial charge in [0.1, 0.15) is 18.3 Å². The van der Waals surface area contributed by atoms with Crippen molar-refractivity contribution in [1.82, 2.24) is 5.32 Å². The molecule has 0 aliphatic rings. The number of rotatable bonds is 10. The van der Waals surface area contributed by atoms with E-state index in [2.05, 4.69) is 5.32 Å². The maximum Gasteiger partial charge on any atom is 0.200 e. The smallest absolute Gasteiger partial charge is 0.200 e.